The molecular weight excluding hydrogens is 294 g/mol. The Hall–Kier alpha value is -1.95. The molecule has 0 saturated heterocycles. The lowest BCUT2D eigenvalue weighted by molar-refractivity contribution is -0.229. The maximum Gasteiger partial charge on any atom is 0.309 e. The number of carboxylic acid groups (broad SMARTS) is 1. The summed E-state index contributed by atoms with van der Waals surface area (Å²) in [5, 5.41) is 9.24. The van der Waals surface area contributed by atoms with E-state index < -0.39 is 11.4 Å². The molecule has 6 nitrogen and oxygen atoms in total. The van der Waals surface area contributed by atoms with Gasteiger partial charge in [0, 0.05) is 32.4 Å². The maximum absolute atomic E-state index is 12.5. The number of aliphatic carboxylic acids is 1. The number of likely N-dealkylation sites (N-methyl/N-ethyl adjacent to an activating group) is 2. The molecule has 2 bridgehead atoms. The first-order valence-corrected chi connectivity index (χ1v) is 8.00. The van der Waals surface area contributed by atoms with Crippen LogP contribution < -0.4 is 0 Å². The van der Waals surface area contributed by atoms with Gasteiger partial charge in [-0.1, -0.05) is 0 Å². The molecule has 1 aliphatic heterocycles. The van der Waals surface area contributed by atoms with Gasteiger partial charge in [-0.15, -0.1) is 0 Å². The average molecular weight is 315 g/mol. The monoisotopic (exact) mass is 315 g/mol. The minimum Gasteiger partial charge on any atom is -0.481 e. The Morgan fingerprint density at radius 3 is 2.83 bits per heavy atom. The van der Waals surface area contributed by atoms with Crippen molar-refractivity contribution in [2.24, 2.45) is 10.8 Å². The molecule has 0 spiro atoms. The average Bonchev–Trinajstić information content (AvgIpc) is 2.44. The number of pyridine rings is 1. The number of fused-ring (bicyclic) bond motifs is 1. The van der Waals surface area contributed by atoms with Crippen molar-refractivity contribution in [2.75, 3.05) is 20.6 Å². The summed E-state index contributed by atoms with van der Waals surface area (Å²) >= 11 is 0. The second kappa shape index (κ2) is 4.54. The Kier molecular flexibility index (Phi) is 2.89. The van der Waals surface area contributed by atoms with Crippen LogP contribution in [0.4, 0.5) is 0 Å². The summed E-state index contributed by atoms with van der Waals surface area (Å²) in [6.45, 7) is 0.852. The van der Waals surface area contributed by atoms with Crippen LogP contribution in [0.25, 0.3) is 0 Å². The SMILES string of the molecule is CN(CC12CC(C(=O)O)(C1)C2)C1Cc2ccncc2C(=O)N1C. The first kappa shape index (κ1) is 14.6. The molecule has 23 heavy (non-hydrogen) atoms. The molecule has 1 N–H and O–H groups in total. The molecule has 0 radical (unpaired) electrons. The fourth-order valence-corrected chi connectivity index (χ4v) is 4.93. The highest BCUT2D eigenvalue weighted by molar-refractivity contribution is 5.96. The lowest BCUT2D eigenvalue weighted by atomic mass is 9.35. The summed E-state index contributed by atoms with van der Waals surface area (Å²) < 4.78 is 0. The zero-order chi connectivity index (χ0) is 16.4. The lowest BCUT2D eigenvalue weighted by Gasteiger charge is -2.69. The molecular formula is C17H21N3O3. The van der Waals surface area contributed by atoms with Gasteiger partial charge in [-0.25, -0.2) is 0 Å². The molecule has 3 saturated carbocycles. The van der Waals surface area contributed by atoms with E-state index >= 15 is 0 Å². The van der Waals surface area contributed by atoms with E-state index in [9.17, 15) is 14.7 Å². The second-order valence-electron chi connectivity index (χ2n) is 7.66. The number of amides is 1. The number of aromatic nitrogens is 1. The molecule has 0 aromatic carbocycles. The van der Waals surface area contributed by atoms with Gasteiger partial charge in [-0.05, 0) is 43.4 Å². The van der Waals surface area contributed by atoms with E-state index in [1.807, 2.05) is 20.2 Å². The predicted molar refractivity (Wildman–Crippen MR) is 82.8 cm³/mol. The molecule has 3 aliphatic carbocycles. The van der Waals surface area contributed by atoms with Gasteiger partial charge in [-0.3, -0.25) is 19.5 Å². The van der Waals surface area contributed by atoms with Gasteiger partial charge >= 0.3 is 5.97 Å². The lowest BCUT2D eigenvalue weighted by Crippen LogP contribution is -2.69. The Bertz CT molecular complexity index is 682. The zero-order valence-electron chi connectivity index (χ0n) is 13.5. The topological polar surface area (TPSA) is 73.7 Å². The largest absolute Gasteiger partial charge is 0.481 e. The summed E-state index contributed by atoms with van der Waals surface area (Å²) in [6, 6.07) is 1.92. The maximum atomic E-state index is 12.5. The van der Waals surface area contributed by atoms with Gasteiger partial charge in [0.25, 0.3) is 5.91 Å². The van der Waals surface area contributed by atoms with Crippen LogP contribution in [-0.2, 0) is 11.2 Å². The van der Waals surface area contributed by atoms with Crippen molar-refractivity contribution in [3.63, 3.8) is 0 Å². The van der Waals surface area contributed by atoms with Crippen LogP contribution in [0.3, 0.4) is 0 Å². The van der Waals surface area contributed by atoms with Crippen LogP contribution in [0.2, 0.25) is 0 Å². The van der Waals surface area contributed by atoms with Gasteiger partial charge in [-0.2, -0.15) is 0 Å². The molecule has 3 fully saturated rings. The molecule has 4 aliphatic rings. The normalized spacial score (nSPS) is 34.7. The van der Waals surface area contributed by atoms with E-state index in [1.54, 1.807) is 17.3 Å². The minimum absolute atomic E-state index is 0.0100. The Morgan fingerprint density at radius 2 is 2.17 bits per heavy atom. The van der Waals surface area contributed by atoms with Crippen molar-refractivity contribution in [1.29, 1.82) is 0 Å². The third-order valence-electron chi connectivity index (χ3n) is 6.00. The number of rotatable bonds is 4. The van der Waals surface area contributed by atoms with E-state index in [4.69, 9.17) is 0 Å². The summed E-state index contributed by atoms with van der Waals surface area (Å²) in [7, 11) is 3.87. The number of carbonyl (C=O) groups is 2. The predicted octanol–water partition coefficient (Wildman–Crippen LogP) is 1.22. The standard InChI is InChI=1S/C17H21N3O3/c1-19(10-16-7-17(8-16,9-16)15(22)23)13-5-11-3-4-18-6-12(11)14(21)20(13)2/h3-4,6,13H,5,7-10H2,1-2H3,(H,22,23). The zero-order valence-corrected chi connectivity index (χ0v) is 13.5. The van der Waals surface area contributed by atoms with Crippen LogP contribution in [0.1, 0.15) is 35.2 Å². The number of carbonyl (C=O) groups excluding carboxylic acids is 1. The van der Waals surface area contributed by atoms with Crippen molar-refractivity contribution < 1.29 is 14.7 Å². The Labute approximate surface area is 135 Å². The molecule has 1 atom stereocenters. The van der Waals surface area contributed by atoms with E-state index in [0.29, 0.717) is 5.56 Å². The molecule has 6 heteroatoms. The molecule has 122 valence electrons. The number of hydrogen-bond acceptors (Lipinski definition) is 4. The second-order valence-corrected chi connectivity index (χ2v) is 7.66. The fourth-order valence-electron chi connectivity index (χ4n) is 4.93. The van der Waals surface area contributed by atoms with Crippen LogP contribution in [0, 0.1) is 10.8 Å². The highest BCUT2D eigenvalue weighted by atomic mass is 16.4. The number of hydrogen-bond donors (Lipinski definition) is 1. The smallest absolute Gasteiger partial charge is 0.309 e. The van der Waals surface area contributed by atoms with Crippen molar-refractivity contribution in [3.8, 4) is 0 Å². The van der Waals surface area contributed by atoms with E-state index in [0.717, 1.165) is 37.8 Å². The van der Waals surface area contributed by atoms with Gasteiger partial charge in [0.15, 0.2) is 0 Å². The highest BCUT2D eigenvalue weighted by Crippen LogP contribution is 2.73. The minimum atomic E-state index is -0.645. The van der Waals surface area contributed by atoms with E-state index in [1.165, 1.54) is 0 Å². The highest BCUT2D eigenvalue weighted by Gasteiger charge is 2.71. The Morgan fingerprint density at radius 1 is 1.48 bits per heavy atom. The quantitative estimate of drug-likeness (QED) is 0.904. The first-order chi connectivity index (χ1) is 10.9. The molecule has 1 amide bonds. The third-order valence-corrected chi connectivity index (χ3v) is 6.00. The van der Waals surface area contributed by atoms with Gasteiger partial charge in [0.2, 0.25) is 0 Å². The summed E-state index contributed by atoms with van der Waals surface area (Å²) in [5.41, 5.74) is 1.44. The van der Waals surface area contributed by atoms with Crippen molar-refractivity contribution in [2.45, 2.75) is 31.8 Å². The molecule has 1 unspecified atom stereocenters. The number of carboxylic acids is 1. The van der Waals surface area contributed by atoms with Crippen LogP contribution in [0.5, 0.6) is 0 Å². The van der Waals surface area contributed by atoms with Crippen molar-refractivity contribution in [1.82, 2.24) is 14.8 Å². The summed E-state index contributed by atoms with van der Waals surface area (Å²) in [5.74, 6) is -0.635. The van der Waals surface area contributed by atoms with Gasteiger partial charge in [0.1, 0.15) is 0 Å². The molecule has 2 heterocycles. The van der Waals surface area contributed by atoms with E-state index in [-0.39, 0.29) is 17.5 Å². The van der Waals surface area contributed by atoms with Crippen molar-refractivity contribution >= 4 is 11.9 Å². The van der Waals surface area contributed by atoms with E-state index in [2.05, 4.69) is 9.88 Å². The molecule has 1 aromatic rings. The third kappa shape index (κ3) is 1.94. The summed E-state index contributed by atoms with van der Waals surface area (Å²) in [6.07, 6.45) is 6.53. The first-order valence-electron chi connectivity index (χ1n) is 8.00. The summed E-state index contributed by atoms with van der Waals surface area (Å²) in [4.78, 5) is 31.8. The fraction of sp³-hybridized carbons (Fsp3) is 0.588. The number of nitrogens with zero attached hydrogens (tertiary/aromatic N) is 3. The van der Waals surface area contributed by atoms with Gasteiger partial charge < -0.3 is 10.0 Å². The van der Waals surface area contributed by atoms with Crippen LogP contribution in [0.15, 0.2) is 18.5 Å². The van der Waals surface area contributed by atoms with Crippen molar-refractivity contribution in [3.05, 3.63) is 29.6 Å². The Balaban J connectivity index is 1.47. The molecule has 1 aromatic heterocycles. The van der Waals surface area contributed by atoms with Crippen LogP contribution >= 0.6 is 0 Å². The van der Waals surface area contributed by atoms with Crippen LogP contribution in [-0.4, -0.2) is 58.6 Å². The van der Waals surface area contributed by atoms with Gasteiger partial charge in [0.05, 0.1) is 17.1 Å². The molecule has 5 rings (SSSR count).